The summed E-state index contributed by atoms with van der Waals surface area (Å²) in [5.41, 5.74) is 4.28. The smallest absolute Gasteiger partial charge is 0.0700 e. The zero-order chi connectivity index (χ0) is 6.10. The molecule has 1 aliphatic heterocycles. The SMILES string of the molecule is [c]1cnn2c1CCCN2. The van der Waals surface area contributed by atoms with Crippen LogP contribution in [0.15, 0.2) is 6.20 Å². The zero-order valence-corrected chi connectivity index (χ0v) is 5.09. The van der Waals surface area contributed by atoms with Gasteiger partial charge in [-0.15, -0.1) is 0 Å². The van der Waals surface area contributed by atoms with Crippen LogP contribution >= 0.6 is 0 Å². The highest BCUT2D eigenvalue weighted by atomic mass is 15.6. The quantitative estimate of drug-likeness (QED) is 0.531. The summed E-state index contributed by atoms with van der Waals surface area (Å²) in [6.07, 6.45) is 4.00. The van der Waals surface area contributed by atoms with Crippen LogP contribution in [0.4, 0.5) is 0 Å². The molecule has 1 aliphatic rings. The van der Waals surface area contributed by atoms with E-state index >= 15 is 0 Å². The van der Waals surface area contributed by atoms with Crippen molar-refractivity contribution in [2.24, 2.45) is 0 Å². The largest absolute Gasteiger partial charge is 0.310 e. The van der Waals surface area contributed by atoms with E-state index in [0.717, 1.165) is 13.0 Å². The van der Waals surface area contributed by atoms with Crippen LogP contribution in [0.1, 0.15) is 12.1 Å². The van der Waals surface area contributed by atoms with Gasteiger partial charge in [-0.2, -0.15) is 9.89 Å². The van der Waals surface area contributed by atoms with Crippen LogP contribution in [0.25, 0.3) is 0 Å². The second kappa shape index (κ2) is 1.76. The molecule has 47 valence electrons. The van der Waals surface area contributed by atoms with E-state index in [1.165, 1.54) is 12.1 Å². The van der Waals surface area contributed by atoms with Gasteiger partial charge < -0.3 is 5.43 Å². The molecule has 0 saturated carbocycles. The Balaban J connectivity index is 2.39. The molecule has 1 aromatic heterocycles. The minimum absolute atomic E-state index is 1.03. The molecule has 2 heterocycles. The highest BCUT2D eigenvalue weighted by molar-refractivity contribution is 5.03. The van der Waals surface area contributed by atoms with Gasteiger partial charge in [-0.3, -0.25) is 0 Å². The lowest BCUT2D eigenvalue weighted by molar-refractivity contribution is 0.608. The van der Waals surface area contributed by atoms with Crippen molar-refractivity contribution in [3.05, 3.63) is 18.0 Å². The van der Waals surface area contributed by atoms with E-state index in [-0.39, 0.29) is 0 Å². The number of nitrogens with one attached hydrogen (secondary N) is 1. The number of hydrogen-bond donors (Lipinski definition) is 1. The van der Waals surface area contributed by atoms with Gasteiger partial charge in [0, 0.05) is 12.6 Å². The number of rotatable bonds is 0. The number of nitrogens with zero attached hydrogens (tertiary/aromatic N) is 2. The molecule has 0 spiro atoms. The number of aromatic nitrogens is 2. The van der Waals surface area contributed by atoms with Gasteiger partial charge >= 0.3 is 0 Å². The van der Waals surface area contributed by atoms with Crippen LogP contribution in [-0.4, -0.2) is 16.4 Å². The molecular formula is C6H8N3. The van der Waals surface area contributed by atoms with Crippen LogP contribution in [0, 0.1) is 6.07 Å². The standard InChI is InChI=1S/C6H8N3/c1-2-6-3-5-8-9(6)7-4-1/h5,7H,1-2,4H2. The summed E-state index contributed by atoms with van der Waals surface area (Å²) in [4.78, 5) is 1.80. The highest BCUT2D eigenvalue weighted by Crippen LogP contribution is 2.03. The van der Waals surface area contributed by atoms with E-state index in [4.69, 9.17) is 0 Å². The first-order valence-corrected chi connectivity index (χ1v) is 3.15. The second-order valence-corrected chi connectivity index (χ2v) is 2.16. The van der Waals surface area contributed by atoms with E-state index in [0.29, 0.717) is 0 Å². The number of fused-ring (bicyclic) bond motifs is 1. The fourth-order valence-electron chi connectivity index (χ4n) is 1.05. The van der Waals surface area contributed by atoms with Gasteiger partial charge in [0.25, 0.3) is 0 Å². The fraction of sp³-hybridized carbons (Fsp3) is 0.500. The lowest BCUT2D eigenvalue weighted by atomic mass is 10.2. The molecule has 0 aliphatic carbocycles. The first-order valence-electron chi connectivity index (χ1n) is 3.15. The average molecular weight is 122 g/mol. The Morgan fingerprint density at radius 2 is 2.78 bits per heavy atom. The monoisotopic (exact) mass is 122 g/mol. The Kier molecular flexibility index (Phi) is 0.946. The van der Waals surface area contributed by atoms with Crippen LogP contribution < -0.4 is 5.43 Å². The molecule has 3 nitrogen and oxygen atoms in total. The van der Waals surface area contributed by atoms with Gasteiger partial charge in [-0.1, -0.05) is 0 Å². The summed E-state index contributed by atoms with van der Waals surface area (Å²) < 4.78 is 0. The van der Waals surface area contributed by atoms with E-state index in [9.17, 15) is 0 Å². The Bertz CT molecular complexity index is 183. The topological polar surface area (TPSA) is 29.9 Å². The highest BCUT2D eigenvalue weighted by Gasteiger charge is 2.05. The Labute approximate surface area is 53.6 Å². The van der Waals surface area contributed by atoms with Crippen LogP contribution in [-0.2, 0) is 6.42 Å². The molecule has 0 fully saturated rings. The summed E-state index contributed by atoms with van der Waals surface area (Å²) in [6.45, 7) is 1.03. The molecule has 0 unspecified atom stereocenters. The Morgan fingerprint density at radius 3 is 3.67 bits per heavy atom. The maximum atomic E-state index is 4.01. The average Bonchev–Trinajstić information content (AvgIpc) is 2.33. The van der Waals surface area contributed by atoms with Crippen LogP contribution in [0.2, 0.25) is 0 Å². The summed E-state index contributed by atoms with van der Waals surface area (Å²) in [7, 11) is 0. The Morgan fingerprint density at radius 1 is 1.78 bits per heavy atom. The number of aryl methyl sites for hydroxylation is 1. The maximum absolute atomic E-state index is 4.01. The molecule has 0 atom stereocenters. The van der Waals surface area contributed by atoms with Crippen molar-refractivity contribution < 1.29 is 0 Å². The Hall–Kier alpha value is -0.990. The van der Waals surface area contributed by atoms with Gasteiger partial charge in [-0.05, 0) is 12.8 Å². The molecule has 1 aromatic rings. The van der Waals surface area contributed by atoms with Crippen molar-refractivity contribution >= 4 is 0 Å². The van der Waals surface area contributed by atoms with Crippen molar-refractivity contribution in [3.63, 3.8) is 0 Å². The molecule has 0 saturated heterocycles. The predicted octanol–water partition coefficient (Wildman–Crippen LogP) is 0.173. The molecule has 1 N–H and O–H groups in total. The van der Waals surface area contributed by atoms with Crippen LogP contribution in [0.3, 0.4) is 0 Å². The molecular weight excluding hydrogens is 114 g/mol. The normalized spacial score (nSPS) is 16.4. The lowest BCUT2D eigenvalue weighted by Crippen LogP contribution is -2.24. The summed E-state index contributed by atoms with van der Waals surface area (Å²) in [6, 6.07) is 3.05. The first kappa shape index (κ1) is 4.85. The van der Waals surface area contributed by atoms with Gasteiger partial charge in [0.15, 0.2) is 0 Å². The van der Waals surface area contributed by atoms with E-state index in [2.05, 4.69) is 16.6 Å². The third kappa shape index (κ3) is 0.686. The molecule has 0 amide bonds. The third-order valence-corrected chi connectivity index (χ3v) is 1.51. The van der Waals surface area contributed by atoms with Crippen molar-refractivity contribution in [3.8, 4) is 0 Å². The van der Waals surface area contributed by atoms with E-state index in [1.54, 1.807) is 11.0 Å². The third-order valence-electron chi connectivity index (χ3n) is 1.51. The predicted molar refractivity (Wildman–Crippen MR) is 33.6 cm³/mol. The lowest BCUT2D eigenvalue weighted by Gasteiger charge is -2.14. The first-order chi connectivity index (χ1) is 4.47. The van der Waals surface area contributed by atoms with E-state index < -0.39 is 0 Å². The van der Waals surface area contributed by atoms with Crippen molar-refractivity contribution in [2.75, 3.05) is 12.0 Å². The number of hydrogen-bond acceptors (Lipinski definition) is 2. The van der Waals surface area contributed by atoms with Gasteiger partial charge in [0.05, 0.1) is 11.9 Å². The van der Waals surface area contributed by atoms with Crippen LogP contribution in [0.5, 0.6) is 0 Å². The van der Waals surface area contributed by atoms with Crippen molar-refractivity contribution in [1.82, 2.24) is 9.89 Å². The van der Waals surface area contributed by atoms with E-state index in [1.807, 2.05) is 0 Å². The molecule has 0 bridgehead atoms. The molecule has 1 radical (unpaired) electrons. The van der Waals surface area contributed by atoms with Gasteiger partial charge in [0.1, 0.15) is 0 Å². The minimum atomic E-state index is 1.03. The second-order valence-electron chi connectivity index (χ2n) is 2.16. The minimum Gasteiger partial charge on any atom is -0.310 e. The van der Waals surface area contributed by atoms with Crippen molar-refractivity contribution in [2.45, 2.75) is 12.8 Å². The molecule has 3 heteroatoms. The maximum Gasteiger partial charge on any atom is 0.0700 e. The molecule has 9 heavy (non-hydrogen) atoms. The fourth-order valence-corrected chi connectivity index (χ4v) is 1.05. The van der Waals surface area contributed by atoms with Gasteiger partial charge in [-0.25, -0.2) is 0 Å². The summed E-state index contributed by atoms with van der Waals surface area (Å²) in [5, 5.41) is 4.01. The summed E-state index contributed by atoms with van der Waals surface area (Å²) in [5.74, 6) is 0. The molecule has 0 aromatic carbocycles. The van der Waals surface area contributed by atoms with Gasteiger partial charge in [0.2, 0.25) is 0 Å². The zero-order valence-electron chi connectivity index (χ0n) is 5.09. The van der Waals surface area contributed by atoms with Crippen molar-refractivity contribution in [1.29, 1.82) is 0 Å². The molecule has 2 rings (SSSR count). The summed E-state index contributed by atoms with van der Waals surface area (Å²) >= 11 is 0.